The summed E-state index contributed by atoms with van der Waals surface area (Å²) in [6.07, 6.45) is 0.930. The molecule has 0 aliphatic carbocycles. The third-order valence-electron chi connectivity index (χ3n) is 3.94. The van der Waals surface area contributed by atoms with Gasteiger partial charge >= 0.3 is 0 Å². The monoisotopic (exact) mass is 305 g/mol. The van der Waals surface area contributed by atoms with Gasteiger partial charge in [-0.3, -0.25) is 0 Å². The molecule has 2 heterocycles. The van der Waals surface area contributed by atoms with Crippen LogP contribution in [0.2, 0.25) is 0 Å². The molecule has 1 N–H and O–H groups in total. The number of fused-ring (bicyclic) bond motifs is 1. The topological polar surface area (TPSA) is 62.3 Å². The number of pyridine rings is 1. The summed E-state index contributed by atoms with van der Waals surface area (Å²) >= 11 is 0. The van der Waals surface area contributed by atoms with Crippen LogP contribution < -0.4 is 5.32 Å². The molecule has 5 nitrogen and oxygen atoms in total. The minimum atomic E-state index is -3.39. The number of aromatic nitrogens is 1. The van der Waals surface area contributed by atoms with E-state index in [1.54, 1.807) is 22.5 Å². The van der Waals surface area contributed by atoms with E-state index in [9.17, 15) is 8.42 Å². The molecule has 0 spiro atoms. The summed E-state index contributed by atoms with van der Waals surface area (Å²) in [5.74, 6) is 1.20. The lowest BCUT2D eigenvalue weighted by Crippen LogP contribution is -2.28. The number of hydrogen-bond donors (Lipinski definition) is 1. The van der Waals surface area contributed by atoms with Crippen molar-refractivity contribution in [1.82, 2.24) is 9.29 Å². The van der Waals surface area contributed by atoms with E-state index in [-0.39, 0.29) is 0 Å². The molecule has 0 bridgehead atoms. The van der Waals surface area contributed by atoms with Gasteiger partial charge in [0, 0.05) is 25.5 Å². The fourth-order valence-corrected chi connectivity index (χ4v) is 4.28. The summed E-state index contributed by atoms with van der Waals surface area (Å²) in [7, 11) is -1.58. The van der Waals surface area contributed by atoms with E-state index >= 15 is 0 Å². The van der Waals surface area contributed by atoms with E-state index in [0.717, 1.165) is 23.1 Å². The van der Waals surface area contributed by atoms with Crippen LogP contribution in [-0.4, -0.2) is 37.8 Å². The minimum absolute atomic E-state index is 0.350. The first-order valence-electron chi connectivity index (χ1n) is 7.09. The molecule has 1 aliphatic heterocycles. The lowest BCUT2D eigenvalue weighted by Gasteiger charge is -2.16. The fraction of sp³-hybridized carbons (Fsp3) is 0.400. The Morgan fingerprint density at radius 2 is 2.10 bits per heavy atom. The molecule has 0 radical (unpaired) electrons. The maximum atomic E-state index is 12.6. The standard InChI is InChI=1S/C15H19N3O2S/c1-11-7-8-18(10-11)21(19,20)13-4-5-14-12(9-13)3-6-15(16-2)17-14/h3-6,9,11H,7-8,10H2,1-2H3,(H,16,17). The molecule has 2 aromatic rings. The van der Waals surface area contributed by atoms with Gasteiger partial charge in [0.2, 0.25) is 10.0 Å². The summed E-state index contributed by atoms with van der Waals surface area (Å²) in [5, 5.41) is 3.81. The lowest BCUT2D eigenvalue weighted by molar-refractivity contribution is 0.464. The molecule has 1 aromatic heterocycles. The predicted molar refractivity (Wildman–Crippen MR) is 83.8 cm³/mol. The van der Waals surface area contributed by atoms with Crippen molar-refractivity contribution in [1.29, 1.82) is 0 Å². The Kier molecular flexibility index (Phi) is 3.59. The first-order chi connectivity index (χ1) is 10.0. The van der Waals surface area contributed by atoms with Gasteiger partial charge < -0.3 is 5.32 Å². The van der Waals surface area contributed by atoms with Gasteiger partial charge in [0.25, 0.3) is 0 Å². The molecule has 112 valence electrons. The molecule has 1 aliphatic rings. The minimum Gasteiger partial charge on any atom is -0.373 e. The largest absolute Gasteiger partial charge is 0.373 e. The zero-order chi connectivity index (χ0) is 15.0. The predicted octanol–water partition coefficient (Wildman–Crippen LogP) is 2.31. The van der Waals surface area contributed by atoms with Gasteiger partial charge in [-0.25, -0.2) is 13.4 Å². The van der Waals surface area contributed by atoms with Crippen molar-refractivity contribution in [3.63, 3.8) is 0 Å². The van der Waals surface area contributed by atoms with Crippen LogP contribution in [0.3, 0.4) is 0 Å². The van der Waals surface area contributed by atoms with E-state index < -0.39 is 10.0 Å². The van der Waals surface area contributed by atoms with E-state index in [2.05, 4.69) is 17.2 Å². The van der Waals surface area contributed by atoms with Crippen molar-refractivity contribution in [3.8, 4) is 0 Å². The van der Waals surface area contributed by atoms with E-state index in [1.165, 1.54) is 0 Å². The van der Waals surface area contributed by atoms with Crippen molar-refractivity contribution in [2.45, 2.75) is 18.2 Å². The number of nitrogens with zero attached hydrogens (tertiary/aromatic N) is 2. The molecular formula is C15H19N3O2S. The van der Waals surface area contributed by atoms with Crippen molar-refractivity contribution < 1.29 is 8.42 Å². The van der Waals surface area contributed by atoms with Crippen molar-refractivity contribution in [2.24, 2.45) is 5.92 Å². The smallest absolute Gasteiger partial charge is 0.243 e. The van der Waals surface area contributed by atoms with Crippen molar-refractivity contribution >= 4 is 26.7 Å². The molecule has 1 unspecified atom stereocenters. The Labute approximate surface area is 125 Å². The summed E-state index contributed by atoms with van der Waals surface area (Å²) in [6, 6.07) is 8.85. The highest BCUT2D eigenvalue weighted by molar-refractivity contribution is 7.89. The maximum Gasteiger partial charge on any atom is 0.243 e. The Hall–Kier alpha value is -1.66. The average Bonchev–Trinajstić information content (AvgIpc) is 2.93. The van der Waals surface area contributed by atoms with Crippen molar-refractivity contribution in [2.75, 3.05) is 25.5 Å². The molecule has 1 atom stereocenters. The molecule has 0 amide bonds. The van der Waals surface area contributed by atoms with Gasteiger partial charge in [-0.2, -0.15) is 4.31 Å². The van der Waals surface area contributed by atoms with Crippen LogP contribution in [0.1, 0.15) is 13.3 Å². The van der Waals surface area contributed by atoms with Gasteiger partial charge in [0.1, 0.15) is 5.82 Å². The Bertz CT molecular complexity index is 774. The van der Waals surface area contributed by atoms with E-state index in [1.807, 2.05) is 19.2 Å². The number of anilines is 1. The van der Waals surface area contributed by atoms with E-state index in [0.29, 0.717) is 23.9 Å². The Morgan fingerprint density at radius 1 is 1.29 bits per heavy atom. The summed E-state index contributed by atoms with van der Waals surface area (Å²) < 4.78 is 26.9. The van der Waals surface area contributed by atoms with Gasteiger partial charge in [-0.15, -0.1) is 0 Å². The van der Waals surface area contributed by atoms with Gasteiger partial charge in [-0.05, 0) is 42.7 Å². The van der Waals surface area contributed by atoms with Crippen molar-refractivity contribution in [3.05, 3.63) is 30.3 Å². The number of hydrogen-bond acceptors (Lipinski definition) is 4. The molecule has 3 rings (SSSR count). The van der Waals surface area contributed by atoms with Crippen LogP contribution in [0.15, 0.2) is 35.2 Å². The molecule has 21 heavy (non-hydrogen) atoms. The van der Waals surface area contributed by atoms with Crippen LogP contribution in [0.25, 0.3) is 10.9 Å². The second-order valence-corrected chi connectivity index (χ2v) is 7.50. The summed E-state index contributed by atoms with van der Waals surface area (Å²) in [6.45, 7) is 3.30. The van der Waals surface area contributed by atoms with Crippen LogP contribution in [0.5, 0.6) is 0 Å². The lowest BCUT2D eigenvalue weighted by atomic mass is 10.2. The SMILES string of the molecule is CNc1ccc2cc(S(=O)(=O)N3CCC(C)C3)ccc2n1. The molecule has 1 saturated heterocycles. The quantitative estimate of drug-likeness (QED) is 0.945. The van der Waals surface area contributed by atoms with Gasteiger partial charge in [0.05, 0.1) is 10.4 Å². The molecular weight excluding hydrogens is 286 g/mol. The third kappa shape index (κ3) is 2.61. The number of benzene rings is 1. The zero-order valence-electron chi connectivity index (χ0n) is 12.2. The summed E-state index contributed by atoms with van der Waals surface area (Å²) in [4.78, 5) is 4.76. The molecule has 6 heteroatoms. The number of sulfonamides is 1. The second kappa shape index (κ2) is 5.27. The highest BCUT2D eigenvalue weighted by atomic mass is 32.2. The highest BCUT2D eigenvalue weighted by Crippen LogP contribution is 2.26. The van der Waals surface area contributed by atoms with Crippen LogP contribution >= 0.6 is 0 Å². The normalized spacial score (nSPS) is 20.0. The van der Waals surface area contributed by atoms with Crippen LogP contribution in [-0.2, 0) is 10.0 Å². The second-order valence-electron chi connectivity index (χ2n) is 5.56. The first-order valence-corrected chi connectivity index (χ1v) is 8.53. The van der Waals surface area contributed by atoms with E-state index in [4.69, 9.17) is 0 Å². The Balaban J connectivity index is 2.01. The third-order valence-corrected chi connectivity index (χ3v) is 5.80. The van der Waals surface area contributed by atoms with Crippen LogP contribution in [0.4, 0.5) is 5.82 Å². The highest BCUT2D eigenvalue weighted by Gasteiger charge is 2.30. The molecule has 1 fully saturated rings. The Morgan fingerprint density at radius 3 is 2.76 bits per heavy atom. The van der Waals surface area contributed by atoms with Gasteiger partial charge in [0.15, 0.2) is 0 Å². The zero-order valence-corrected chi connectivity index (χ0v) is 13.0. The van der Waals surface area contributed by atoms with Gasteiger partial charge in [-0.1, -0.05) is 6.92 Å². The molecule has 1 aromatic carbocycles. The number of nitrogens with one attached hydrogen (secondary N) is 1. The van der Waals surface area contributed by atoms with Crippen LogP contribution in [0, 0.1) is 5.92 Å². The number of rotatable bonds is 3. The first kappa shape index (κ1) is 14.3. The fourth-order valence-electron chi connectivity index (χ4n) is 2.67. The molecule has 0 saturated carbocycles. The summed E-state index contributed by atoms with van der Waals surface area (Å²) in [5.41, 5.74) is 0.788. The average molecular weight is 305 g/mol. The maximum absolute atomic E-state index is 12.6.